The minimum atomic E-state index is -1.22. The number of carbonyl (C=O) groups excluding carboxylic acids is 1. The monoisotopic (exact) mass is 442 g/mol. The molecule has 2 aromatic carbocycles. The summed E-state index contributed by atoms with van der Waals surface area (Å²) in [6.45, 7) is 2.23. The molecular formula is C20H21Cl2FN2O2S. The molecule has 0 saturated carbocycles. The van der Waals surface area contributed by atoms with Crippen molar-refractivity contribution in [2.45, 2.75) is 23.8 Å². The highest BCUT2D eigenvalue weighted by Crippen LogP contribution is 2.24. The third-order valence-electron chi connectivity index (χ3n) is 4.77. The molecule has 1 atom stereocenters. The van der Waals surface area contributed by atoms with Gasteiger partial charge in [0.25, 0.3) is 5.91 Å². The number of benzene rings is 2. The van der Waals surface area contributed by atoms with Crippen LogP contribution in [0.3, 0.4) is 0 Å². The van der Waals surface area contributed by atoms with Gasteiger partial charge in [-0.15, -0.1) is 0 Å². The van der Waals surface area contributed by atoms with Crippen LogP contribution < -0.4 is 5.32 Å². The summed E-state index contributed by atoms with van der Waals surface area (Å²) in [6.07, 6.45) is 1.54. The second-order valence-corrected chi connectivity index (χ2v) is 9.08. The fourth-order valence-corrected chi connectivity index (χ4v) is 4.98. The first-order valence-electron chi connectivity index (χ1n) is 9.05. The van der Waals surface area contributed by atoms with Crippen molar-refractivity contribution >= 4 is 39.9 Å². The van der Waals surface area contributed by atoms with Gasteiger partial charge in [-0.3, -0.25) is 9.00 Å². The molecule has 4 nitrogen and oxygen atoms in total. The molecule has 1 saturated heterocycles. The zero-order valence-electron chi connectivity index (χ0n) is 15.2. The topological polar surface area (TPSA) is 49.4 Å². The van der Waals surface area contributed by atoms with Crippen LogP contribution in [-0.2, 0) is 10.8 Å². The molecule has 1 fully saturated rings. The molecule has 0 bridgehead atoms. The van der Waals surface area contributed by atoms with Crippen LogP contribution in [0.2, 0.25) is 10.0 Å². The van der Waals surface area contributed by atoms with Crippen molar-refractivity contribution in [1.82, 2.24) is 10.2 Å². The zero-order valence-corrected chi connectivity index (χ0v) is 17.5. The van der Waals surface area contributed by atoms with E-state index < -0.39 is 16.6 Å². The number of halogens is 3. The molecule has 1 N–H and O–H groups in total. The van der Waals surface area contributed by atoms with Crippen LogP contribution in [0.4, 0.5) is 4.39 Å². The van der Waals surface area contributed by atoms with E-state index in [2.05, 4.69) is 10.2 Å². The maximum absolute atomic E-state index is 13.7. The van der Waals surface area contributed by atoms with Crippen molar-refractivity contribution in [3.63, 3.8) is 0 Å². The molecular weight excluding hydrogens is 422 g/mol. The molecule has 1 amide bonds. The van der Waals surface area contributed by atoms with Crippen molar-refractivity contribution in [3.05, 3.63) is 63.9 Å². The standard InChI is InChI=1S/C20H21Cl2FN2O2S/c21-14-5-6-17(22)19(13-14)28(27)12-11-25-9-7-15(8-10-25)24-20(26)16-3-1-2-4-18(16)23/h1-6,13,15H,7-12H2,(H,24,26). The zero-order chi connectivity index (χ0) is 20.1. The first-order valence-corrected chi connectivity index (χ1v) is 11.1. The molecule has 0 spiro atoms. The van der Waals surface area contributed by atoms with E-state index in [-0.39, 0.29) is 17.5 Å². The molecule has 1 heterocycles. The summed E-state index contributed by atoms with van der Waals surface area (Å²) in [5, 5.41) is 3.87. The van der Waals surface area contributed by atoms with Crippen molar-refractivity contribution in [2.75, 3.05) is 25.4 Å². The number of piperidine rings is 1. The molecule has 150 valence electrons. The van der Waals surface area contributed by atoms with E-state index in [1.54, 1.807) is 30.3 Å². The average molecular weight is 443 g/mol. The highest BCUT2D eigenvalue weighted by Gasteiger charge is 2.22. The fraction of sp³-hybridized carbons (Fsp3) is 0.350. The van der Waals surface area contributed by atoms with Crippen LogP contribution in [0.15, 0.2) is 47.4 Å². The molecule has 1 aliphatic heterocycles. The lowest BCUT2D eigenvalue weighted by atomic mass is 10.0. The van der Waals surface area contributed by atoms with E-state index in [1.165, 1.54) is 12.1 Å². The first-order chi connectivity index (χ1) is 13.4. The van der Waals surface area contributed by atoms with Gasteiger partial charge in [0.05, 0.1) is 26.3 Å². The van der Waals surface area contributed by atoms with Crippen LogP contribution >= 0.6 is 23.2 Å². The van der Waals surface area contributed by atoms with Gasteiger partial charge >= 0.3 is 0 Å². The number of amides is 1. The van der Waals surface area contributed by atoms with Gasteiger partial charge in [0.15, 0.2) is 0 Å². The first kappa shape index (κ1) is 21.2. The van der Waals surface area contributed by atoms with E-state index in [0.717, 1.165) is 25.9 Å². The van der Waals surface area contributed by atoms with Gasteiger partial charge in [0.1, 0.15) is 5.82 Å². The molecule has 0 aromatic heterocycles. The SMILES string of the molecule is O=C(NC1CCN(CCS(=O)c2cc(Cl)ccc2Cl)CC1)c1ccccc1F. The number of nitrogens with one attached hydrogen (secondary N) is 1. The van der Waals surface area contributed by atoms with Crippen molar-refractivity contribution < 1.29 is 13.4 Å². The average Bonchev–Trinajstić information content (AvgIpc) is 2.69. The van der Waals surface area contributed by atoms with Crippen molar-refractivity contribution in [2.24, 2.45) is 0 Å². The number of hydrogen-bond acceptors (Lipinski definition) is 3. The number of carbonyl (C=O) groups is 1. The number of likely N-dealkylation sites (tertiary alicyclic amines) is 1. The van der Waals surface area contributed by atoms with E-state index in [1.807, 2.05) is 0 Å². The summed E-state index contributed by atoms with van der Waals surface area (Å²) < 4.78 is 26.2. The second-order valence-electron chi connectivity index (χ2n) is 6.69. The van der Waals surface area contributed by atoms with Crippen molar-refractivity contribution in [3.8, 4) is 0 Å². The number of rotatable bonds is 6. The summed E-state index contributed by atoms with van der Waals surface area (Å²) in [7, 11) is -1.22. The molecule has 1 unspecified atom stereocenters. The minimum absolute atomic E-state index is 0.0104. The Kier molecular flexibility index (Phi) is 7.46. The largest absolute Gasteiger partial charge is 0.349 e. The molecule has 1 aliphatic rings. The van der Waals surface area contributed by atoms with Gasteiger partial charge in [-0.2, -0.15) is 0 Å². The normalized spacial score (nSPS) is 16.7. The lowest BCUT2D eigenvalue weighted by molar-refractivity contribution is 0.0909. The van der Waals surface area contributed by atoms with Crippen LogP contribution in [0, 0.1) is 5.82 Å². The summed E-state index contributed by atoms with van der Waals surface area (Å²) in [5.41, 5.74) is 0.0683. The lowest BCUT2D eigenvalue weighted by Crippen LogP contribution is -2.45. The highest BCUT2D eigenvalue weighted by atomic mass is 35.5. The van der Waals surface area contributed by atoms with Gasteiger partial charge in [-0.1, -0.05) is 35.3 Å². The van der Waals surface area contributed by atoms with Crippen LogP contribution in [-0.4, -0.2) is 46.4 Å². The quantitative estimate of drug-likeness (QED) is 0.731. The van der Waals surface area contributed by atoms with Gasteiger partial charge in [0, 0.05) is 36.5 Å². The third-order valence-corrected chi connectivity index (χ3v) is 6.83. The van der Waals surface area contributed by atoms with Crippen molar-refractivity contribution in [1.29, 1.82) is 0 Å². The summed E-state index contributed by atoms with van der Waals surface area (Å²) in [5.74, 6) is -0.431. The predicted molar refractivity (Wildman–Crippen MR) is 111 cm³/mol. The smallest absolute Gasteiger partial charge is 0.254 e. The Labute approximate surface area is 176 Å². The Hall–Kier alpha value is -1.47. The Morgan fingerprint density at radius 3 is 2.61 bits per heavy atom. The molecule has 28 heavy (non-hydrogen) atoms. The predicted octanol–water partition coefficient (Wildman–Crippen LogP) is 4.13. The van der Waals surface area contributed by atoms with E-state index in [4.69, 9.17) is 23.2 Å². The maximum atomic E-state index is 13.7. The molecule has 0 radical (unpaired) electrons. The fourth-order valence-electron chi connectivity index (χ4n) is 3.18. The molecule has 0 aliphatic carbocycles. The molecule has 8 heteroatoms. The number of nitrogens with zero attached hydrogens (tertiary/aromatic N) is 1. The third kappa shape index (κ3) is 5.54. The maximum Gasteiger partial charge on any atom is 0.254 e. The number of hydrogen-bond donors (Lipinski definition) is 1. The Morgan fingerprint density at radius 2 is 1.89 bits per heavy atom. The van der Waals surface area contributed by atoms with Crippen LogP contribution in [0.1, 0.15) is 23.2 Å². The van der Waals surface area contributed by atoms with E-state index >= 15 is 0 Å². The lowest BCUT2D eigenvalue weighted by Gasteiger charge is -2.32. The van der Waals surface area contributed by atoms with Gasteiger partial charge in [-0.05, 0) is 43.2 Å². The minimum Gasteiger partial charge on any atom is -0.349 e. The summed E-state index contributed by atoms with van der Waals surface area (Å²) >= 11 is 12.1. The Bertz CT molecular complexity index is 873. The van der Waals surface area contributed by atoms with E-state index in [0.29, 0.717) is 27.2 Å². The van der Waals surface area contributed by atoms with Crippen LogP contribution in [0.25, 0.3) is 0 Å². The molecule has 3 rings (SSSR count). The van der Waals surface area contributed by atoms with Crippen LogP contribution in [0.5, 0.6) is 0 Å². The van der Waals surface area contributed by atoms with Gasteiger partial charge < -0.3 is 10.2 Å². The summed E-state index contributed by atoms with van der Waals surface area (Å²) in [4.78, 5) is 15.0. The summed E-state index contributed by atoms with van der Waals surface area (Å²) in [6, 6.07) is 10.9. The van der Waals surface area contributed by atoms with Gasteiger partial charge in [-0.25, -0.2) is 4.39 Å². The van der Waals surface area contributed by atoms with Gasteiger partial charge in [0.2, 0.25) is 0 Å². The highest BCUT2D eigenvalue weighted by molar-refractivity contribution is 7.85. The molecule has 2 aromatic rings. The Morgan fingerprint density at radius 1 is 1.18 bits per heavy atom. The van der Waals surface area contributed by atoms with E-state index in [9.17, 15) is 13.4 Å². The Balaban J connectivity index is 1.45. The second kappa shape index (κ2) is 9.83.